The van der Waals surface area contributed by atoms with Gasteiger partial charge in [0, 0.05) is 5.88 Å². The first-order valence-corrected chi connectivity index (χ1v) is 7.12. The van der Waals surface area contributed by atoms with Crippen LogP contribution in [-0.2, 0) is 0 Å². The molecule has 1 unspecified atom stereocenters. The lowest BCUT2D eigenvalue weighted by Gasteiger charge is -2.40. The Morgan fingerprint density at radius 2 is 1.80 bits per heavy atom. The number of alkyl halides is 1. The molecule has 86 valence electrons. The smallest absolute Gasteiger partial charge is 0.0285 e. The second kappa shape index (κ2) is 5.39. The first-order valence-electron chi connectivity index (χ1n) is 6.58. The molecule has 0 spiro atoms. The Balaban J connectivity index is 2.06. The molecule has 2 aliphatic rings. The van der Waals surface area contributed by atoms with E-state index < -0.39 is 0 Å². The van der Waals surface area contributed by atoms with E-state index in [1.54, 1.807) is 0 Å². The minimum absolute atomic E-state index is 0.459. The summed E-state index contributed by atoms with van der Waals surface area (Å²) in [6, 6.07) is 0. The van der Waals surface area contributed by atoms with Gasteiger partial charge in [-0.15, -0.1) is 11.6 Å². The van der Waals surface area contributed by atoms with Crippen LogP contribution >= 0.6 is 11.6 Å². The number of halogens is 1. The van der Waals surface area contributed by atoms with E-state index in [1.165, 1.54) is 57.8 Å². The Morgan fingerprint density at radius 1 is 1.07 bits per heavy atom. The Labute approximate surface area is 99.1 Å². The van der Waals surface area contributed by atoms with Gasteiger partial charge in [-0.25, -0.2) is 0 Å². The molecule has 1 fully saturated rings. The predicted octanol–water partition coefficient (Wildman–Crippen LogP) is 4.92. The first-order chi connectivity index (χ1) is 7.37. The summed E-state index contributed by atoms with van der Waals surface area (Å²) in [4.78, 5) is 0. The highest BCUT2D eigenvalue weighted by atomic mass is 35.5. The van der Waals surface area contributed by atoms with E-state index in [2.05, 4.69) is 12.2 Å². The Hall–Kier alpha value is 0.0300. The van der Waals surface area contributed by atoms with Gasteiger partial charge in [0.1, 0.15) is 0 Å². The molecule has 15 heavy (non-hydrogen) atoms. The first kappa shape index (κ1) is 11.5. The highest BCUT2D eigenvalue weighted by Crippen LogP contribution is 2.46. The molecule has 0 N–H and O–H groups in total. The average molecular weight is 227 g/mol. The van der Waals surface area contributed by atoms with Crippen LogP contribution < -0.4 is 0 Å². The Kier molecular flexibility index (Phi) is 4.13. The maximum Gasteiger partial charge on any atom is 0.0285 e. The van der Waals surface area contributed by atoms with Crippen molar-refractivity contribution >= 4 is 11.6 Å². The third-order valence-electron chi connectivity index (χ3n) is 4.49. The lowest BCUT2D eigenvalue weighted by molar-refractivity contribution is 0.152. The van der Waals surface area contributed by atoms with Crippen LogP contribution in [0.1, 0.15) is 57.8 Å². The SMILES string of the molecule is ClCC1(C2CCCCCC2)CC=CCC1. The van der Waals surface area contributed by atoms with Gasteiger partial charge in [0.15, 0.2) is 0 Å². The van der Waals surface area contributed by atoms with Crippen molar-refractivity contribution in [2.75, 3.05) is 5.88 Å². The van der Waals surface area contributed by atoms with Gasteiger partial charge in [0.25, 0.3) is 0 Å². The van der Waals surface area contributed by atoms with Crippen LogP contribution in [0, 0.1) is 11.3 Å². The summed E-state index contributed by atoms with van der Waals surface area (Å²) in [6.45, 7) is 0. The van der Waals surface area contributed by atoms with Gasteiger partial charge < -0.3 is 0 Å². The zero-order valence-electron chi connectivity index (χ0n) is 9.68. The lowest BCUT2D eigenvalue weighted by atomic mass is 9.66. The summed E-state index contributed by atoms with van der Waals surface area (Å²) in [6.07, 6.45) is 17.2. The molecule has 0 saturated heterocycles. The van der Waals surface area contributed by atoms with Crippen molar-refractivity contribution in [2.24, 2.45) is 11.3 Å². The van der Waals surface area contributed by atoms with E-state index in [4.69, 9.17) is 11.6 Å². The maximum absolute atomic E-state index is 6.29. The molecule has 1 heteroatoms. The number of rotatable bonds is 2. The Bertz CT molecular complexity index is 213. The molecule has 0 heterocycles. The fourth-order valence-corrected chi connectivity index (χ4v) is 3.86. The summed E-state index contributed by atoms with van der Waals surface area (Å²) in [5.74, 6) is 1.78. The minimum atomic E-state index is 0.459. The van der Waals surface area contributed by atoms with Crippen LogP contribution in [0.25, 0.3) is 0 Å². The van der Waals surface area contributed by atoms with Gasteiger partial charge in [-0.2, -0.15) is 0 Å². The van der Waals surface area contributed by atoms with Gasteiger partial charge >= 0.3 is 0 Å². The summed E-state index contributed by atoms with van der Waals surface area (Å²) >= 11 is 6.29. The predicted molar refractivity (Wildman–Crippen MR) is 67.3 cm³/mol. The van der Waals surface area contributed by atoms with Gasteiger partial charge in [0.05, 0.1) is 0 Å². The molecule has 0 amide bonds. The highest BCUT2D eigenvalue weighted by molar-refractivity contribution is 6.18. The topological polar surface area (TPSA) is 0 Å². The standard InChI is InChI=1S/C14H23Cl/c15-12-14(10-6-3-7-11-14)13-8-4-1-2-5-9-13/h3,6,13H,1-2,4-5,7-12H2. The largest absolute Gasteiger partial charge is 0.126 e. The van der Waals surface area contributed by atoms with Crippen molar-refractivity contribution in [3.05, 3.63) is 12.2 Å². The average Bonchev–Trinajstić information content (AvgIpc) is 2.59. The Morgan fingerprint density at radius 3 is 2.33 bits per heavy atom. The summed E-state index contributed by atoms with van der Waals surface area (Å²) in [5, 5.41) is 0. The number of hydrogen-bond donors (Lipinski definition) is 0. The second-order valence-corrected chi connectivity index (χ2v) is 5.67. The molecule has 0 bridgehead atoms. The summed E-state index contributed by atoms with van der Waals surface area (Å²) in [5.41, 5.74) is 0.459. The van der Waals surface area contributed by atoms with Crippen LogP contribution in [0.4, 0.5) is 0 Å². The van der Waals surface area contributed by atoms with Crippen LogP contribution in [-0.4, -0.2) is 5.88 Å². The van der Waals surface area contributed by atoms with Crippen molar-refractivity contribution < 1.29 is 0 Å². The molecule has 0 radical (unpaired) electrons. The van der Waals surface area contributed by atoms with Crippen LogP contribution in [0.5, 0.6) is 0 Å². The van der Waals surface area contributed by atoms with Crippen LogP contribution in [0.15, 0.2) is 12.2 Å². The fraction of sp³-hybridized carbons (Fsp3) is 0.857. The van der Waals surface area contributed by atoms with Gasteiger partial charge in [-0.3, -0.25) is 0 Å². The molecule has 2 rings (SSSR count). The van der Waals surface area contributed by atoms with Crippen molar-refractivity contribution in [3.8, 4) is 0 Å². The van der Waals surface area contributed by atoms with Crippen LogP contribution in [0.2, 0.25) is 0 Å². The molecule has 0 aliphatic heterocycles. The summed E-state index contributed by atoms with van der Waals surface area (Å²) in [7, 11) is 0. The van der Waals surface area contributed by atoms with Crippen LogP contribution in [0.3, 0.4) is 0 Å². The van der Waals surface area contributed by atoms with Crippen molar-refractivity contribution in [1.82, 2.24) is 0 Å². The zero-order chi connectivity index (χ0) is 10.6. The molecule has 0 nitrogen and oxygen atoms in total. The molecule has 0 aromatic carbocycles. The molecular weight excluding hydrogens is 204 g/mol. The second-order valence-electron chi connectivity index (χ2n) is 5.40. The zero-order valence-corrected chi connectivity index (χ0v) is 10.4. The minimum Gasteiger partial charge on any atom is -0.126 e. The normalized spacial score (nSPS) is 33.9. The van der Waals surface area contributed by atoms with Gasteiger partial charge in [-0.05, 0) is 43.4 Å². The number of hydrogen-bond acceptors (Lipinski definition) is 0. The van der Waals surface area contributed by atoms with E-state index in [9.17, 15) is 0 Å². The molecule has 0 aromatic rings. The lowest BCUT2D eigenvalue weighted by Crippen LogP contribution is -2.33. The van der Waals surface area contributed by atoms with E-state index in [0.29, 0.717) is 5.41 Å². The third kappa shape index (κ3) is 2.58. The molecular formula is C14H23Cl. The summed E-state index contributed by atoms with van der Waals surface area (Å²) < 4.78 is 0. The van der Waals surface area contributed by atoms with E-state index in [0.717, 1.165) is 11.8 Å². The van der Waals surface area contributed by atoms with Crippen molar-refractivity contribution in [2.45, 2.75) is 57.8 Å². The van der Waals surface area contributed by atoms with Gasteiger partial charge in [-0.1, -0.05) is 37.8 Å². The molecule has 2 aliphatic carbocycles. The molecule has 0 aromatic heterocycles. The monoisotopic (exact) mass is 226 g/mol. The maximum atomic E-state index is 6.29. The highest BCUT2D eigenvalue weighted by Gasteiger charge is 2.37. The quantitative estimate of drug-likeness (QED) is 0.356. The molecule has 1 saturated carbocycles. The van der Waals surface area contributed by atoms with E-state index >= 15 is 0 Å². The van der Waals surface area contributed by atoms with Crippen molar-refractivity contribution in [1.29, 1.82) is 0 Å². The number of allylic oxidation sites excluding steroid dienone is 2. The fourth-order valence-electron chi connectivity index (χ4n) is 3.40. The van der Waals surface area contributed by atoms with E-state index in [-0.39, 0.29) is 0 Å². The third-order valence-corrected chi connectivity index (χ3v) is 5.02. The van der Waals surface area contributed by atoms with Crippen molar-refractivity contribution in [3.63, 3.8) is 0 Å². The van der Waals surface area contributed by atoms with Gasteiger partial charge in [0.2, 0.25) is 0 Å². The van der Waals surface area contributed by atoms with E-state index in [1.807, 2.05) is 0 Å². The molecule has 1 atom stereocenters.